The number of anilines is 2. The van der Waals surface area contributed by atoms with Crippen molar-refractivity contribution in [1.82, 2.24) is 4.31 Å². The Kier molecular flexibility index (Phi) is 6.28. The van der Waals surface area contributed by atoms with Crippen LogP contribution in [0.3, 0.4) is 0 Å². The van der Waals surface area contributed by atoms with E-state index in [0.29, 0.717) is 36.4 Å². The van der Waals surface area contributed by atoms with Crippen molar-refractivity contribution >= 4 is 33.2 Å². The number of benzene rings is 2. The number of rotatable bonds is 6. The Hall–Kier alpha value is -2.71. The monoisotopic (exact) mass is 429 g/mol. The summed E-state index contributed by atoms with van der Waals surface area (Å²) in [7, 11) is -3.65. The molecule has 1 heterocycles. The number of carbonyl (C=O) groups is 2. The Morgan fingerprint density at radius 2 is 1.80 bits per heavy atom. The van der Waals surface area contributed by atoms with Crippen molar-refractivity contribution in [2.24, 2.45) is 0 Å². The molecule has 30 heavy (non-hydrogen) atoms. The molecule has 0 saturated heterocycles. The highest BCUT2D eigenvalue weighted by atomic mass is 32.2. The molecular formula is C22H27N3O4S. The predicted octanol–water partition coefficient (Wildman–Crippen LogP) is 3.19. The standard InChI is InChI=1S/C22H27N3O4S/c1-5-24(6-2)30(28,29)19-9-7-15(3)20(14-19)22(27)23-18-8-10-21-17(13-18)11-12-25(21)16(4)26/h7-10,13-14H,5-6,11-12H2,1-4H3,(H,23,27). The number of fused-ring (bicyclic) bond motifs is 1. The zero-order chi connectivity index (χ0) is 22.1. The molecule has 8 heteroatoms. The summed E-state index contributed by atoms with van der Waals surface area (Å²) < 4.78 is 27.0. The van der Waals surface area contributed by atoms with Crippen LogP contribution in [-0.2, 0) is 21.2 Å². The van der Waals surface area contributed by atoms with Crippen LogP contribution in [0.2, 0.25) is 0 Å². The highest BCUT2D eigenvalue weighted by Crippen LogP contribution is 2.31. The van der Waals surface area contributed by atoms with E-state index in [9.17, 15) is 18.0 Å². The van der Waals surface area contributed by atoms with Crippen molar-refractivity contribution in [2.75, 3.05) is 29.9 Å². The predicted molar refractivity (Wildman–Crippen MR) is 117 cm³/mol. The normalized spacial score (nSPS) is 13.4. The van der Waals surface area contributed by atoms with Crippen LogP contribution in [0.15, 0.2) is 41.3 Å². The molecule has 2 amide bonds. The van der Waals surface area contributed by atoms with Crippen molar-refractivity contribution in [3.8, 4) is 0 Å². The minimum Gasteiger partial charge on any atom is -0.322 e. The van der Waals surface area contributed by atoms with E-state index in [2.05, 4.69) is 5.32 Å². The van der Waals surface area contributed by atoms with Crippen molar-refractivity contribution < 1.29 is 18.0 Å². The van der Waals surface area contributed by atoms with Gasteiger partial charge in [-0.1, -0.05) is 19.9 Å². The van der Waals surface area contributed by atoms with E-state index in [1.165, 1.54) is 23.4 Å². The Labute approximate surface area is 177 Å². The molecular weight excluding hydrogens is 402 g/mol. The third-order valence-electron chi connectivity index (χ3n) is 5.41. The number of nitrogens with zero attached hydrogens (tertiary/aromatic N) is 2. The van der Waals surface area contributed by atoms with Gasteiger partial charge in [-0.25, -0.2) is 8.42 Å². The Morgan fingerprint density at radius 3 is 2.43 bits per heavy atom. The van der Waals surface area contributed by atoms with Gasteiger partial charge in [-0.3, -0.25) is 9.59 Å². The molecule has 0 atom stereocenters. The third kappa shape index (κ3) is 4.11. The zero-order valence-electron chi connectivity index (χ0n) is 17.7. The lowest BCUT2D eigenvalue weighted by Crippen LogP contribution is -2.30. The summed E-state index contributed by atoms with van der Waals surface area (Å²) in [5.74, 6) is -0.377. The van der Waals surface area contributed by atoms with Gasteiger partial charge in [-0.2, -0.15) is 4.31 Å². The summed E-state index contributed by atoms with van der Waals surface area (Å²) in [6, 6.07) is 10.1. The van der Waals surface area contributed by atoms with E-state index in [1.54, 1.807) is 37.8 Å². The molecule has 0 aliphatic carbocycles. The van der Waals surface area contributed by atoms with Crippen LogP contribution in [0.4, 0.5) is 11.4 Å². The summed E-state index contributed by atoms with van der Waals surface area (Å²) in [5.41, 5.74) is 3.48. The first-order valence-corrected chi connectivity index (χ1v) is 11.5. The Morgan fingerprint density at radius 1 is 1.10 bits per heavy atom. The molecule has 7 nitrogen and oxygen atoms in total. The number of amides is 2. The Balaban J connectivity index is 1.87. The molecule has 0 unspecified atom stereocenters. The van der Waals surface area contributed by atoms with Gasteiger partial charge in [-0.15, -0.1) is 0 Å². The van der Waals surface area contributed by atoms with E-state index in [-0.39, 0.29) is 16.7 Å². The maximum absolute atomic E-state index is 12.9. The maximum atomic E-state index is 12.9. The van der Waals surface area contributed by atoms with Crippen LogP contribution in [-0.4, -0.2) is 44.2 Å². The lowest BCUT2D eigenvalue weighted by molar-refractivity contribution is -0.116. The van der Waals surface area contributed by atoms with Crippen LogP contribution >= 0.6 is 0 Å². The molecule has 0 radical (unpaired) electrons. The number of hydrogen-bond donors (Lipinski definition) is 1. The first-order valence-electron chi connectivity index (χ1n) is 10.0. The number of aryl methyl sites for hydroxylation is 1. The molecule has 3 rings (SSSR count). The quantitative estimate of drug-likeness (QED) is 0.764. The van der Waals surface area contributed by atoms with Gasteiger partial charge < -0.3 is 10.2 Å². The van der Waals surface area contributed by atoms with Gasteiger partial charge in [0.2, 0.25) is 15.9 Å². The fourth-order valence-electron chi connectivity index (χ4n) is 3.72. The summed E-state index contributed by atoms with van der Waals surface area (Å²) in [4.78, 5) is 26.4. The minimum atomic E-state index is -3.65. The number of carbonyl (C=O) groups excluding carboxylic acids is 2. The van der Waals surface area contributed by atoms with Crippen molar-refractivity contribution in [3.63, 3.8) is 0 Å². The second kappa shape index (κ2) is 8.57. The highest BCUT2D eigenvalue weighted by Gasteiger charge is 2.25. The molecule has 0 fully saturated rings. The molecule has 1 N–H and O–H groups in total. The van der Waals surface area contributed by atoms with E-state index >= 15 is 0 Å². The van der Waals surface area contributed by atoms with E-state index < -0.39 is 10.0 Å². The van der Waals surface area contributed by atoms with Gasteiger partial charge >= 0.3 is 0 Å². The fraction of sp³-hybridized carbons (Fsp3) is 0.364. The topological polar surface area (TPSA) is 86.8 Å². The molecule has 1 aliphatic rings. The molecule has 0 spiro atoms. The SMILES string of the molecule is CCN(CC)S(=O)(=O)c1ccc(C)c(C(=O)Nc2ccc3c(c2)CCN3C(C)=O)c1. The Bertz CT molecular complexity index is 1090. The van der Waals surface area contributed by atoms with Gasteiger partial charge in [0.05, 0.1) is 4.90 Å². The summed E-state index contributed by atoms with van der Waals surface area (Å²) in [6.45, 7) is 8.23. The van der Waals surface area contributed by atoms with Gasteiger partial charge in [-0.05, 0) is 54.8 Å². The third-order valence-corrected chi connectivity index (χ3v) is 7.46. The molecule has 0 bridgehead atoms. The van der Waals surface area contributed by atoms with Crippen LogP contribution < -0.4 is 10.2 Å². The molecule has 0 saturated carbocycles. The lowest BCUT2D eigenvalue weighted by Gasteiger charge is -2.19. The molecule has 160 valence electrons. The van der Waals surface area contributed by atoms with Crippen LogP contribution in [0.1, 0.15) is 42.3 Å². The summed E-state index contributed by atoms with van der Waals surface area (Å²) >= 11 is 0. The number of nitrogens with one attached hydrogen (secondary N) is 1. The van der Waals surface area contributed by atoms with E-state index in [0.717, 1.165) is 17.7 Å². The van der Waals surface area contributed by atoms with Gasteiger partial charge in [0, 0.05) is 43.5 Å². The lowest BCUT2D eigenvalue weighted by atomic mass is 10.1. The minimum absolute atomic E-state index is 0.00705. The van der Waals surface area contributed by atoms with Crippen molar-refractivity contribution in [2.45, 2.75) is 39.0 Å². The van der Waals surface area contributed by atoms with Gasteiger partial charge in [0.25, 0.3) is 5.91 Å². The number of sulfonamides is 1. The zero-order valence-corrected chi connectivity index (χ0v) is 18.5. The molecule has 0 aromatic heterocycles. The first-order chi connectivity index (χ1) is 14.2. The van der Waals surface area contributed by atoms with Crippen LogP contribution in [0, 0.1) is 6.92 Å². The van der Waals surface area contributed by atoms with Gasteiger partial charge in [0.15, 0.2) is 0 Å². The van der Waals surface area contributed by atoms with E-state index in [4.69, 9.17) is 0 Å². The molecule has 2 aromatic rings. The number of hydrogen-bond acceptors (Lipinski definition) is 4. The second-order valence-corrected chi connectivity index (χ2v) is 9.22. The average molecular weight is 430 g/mol. The second-order valence-electron chi connectivity index (χ2n) is 7.28. The van der Waals surface area contributed by atoms with Gasteiger partial charge in [0.1, 0.15) is 0 Å². The average Bonchev–Trinajstić information content (AvgIpc) is 3.12. The van der Waals surface area contributed by atoms with Crippen molar-refractivity contribution in [3.05, 3.63) is 53.1 Å². The smallest absolute Gasteiger partial charge is 0.255 e. The first kappa shape index (κ1) is 22.0. The maximum Gasteiger partial charge on any atom is 0.255 e. The largest absolute Gasteiger partial charge is 0.322 e. The summed E-state index contributed by atoms with van der Waals surface area (Å²) in [6.07, 6.45) is 0.731. The summed E-state index contributed by atoms with van der Waals surface area (Å²) in [5, 5.41) is 2.86. The van der Waals surface area contributed by atoms with Crippen LogP contribution in [0.5, 0.6) is 0 Å². The van der Waals surface area contributed by atoms with Crippen molar-refractivity contribution in [1.29, 1.82) is 0 Å². The fourth-order valence-corrected chi connectivity index (χ4v) is 5.21. The van der Waals surface area contributed by atoms with E-state index in [1.807, 2.05) is 12.1 Å². The molecule has 2 aromatic carbocycles. The van der Waals surface area contributed by atoms with Crippen LogP contribution in [0.25, 0.3) is 0 Å². The molecule has 1 aliphatic heterocycles. The highest BCUT2D eigenvalue weighted by molar-refractivity contribution is 7.89.